The Morgan fingerprint density at radius 2 is 2.32 bits per heavy atom. The average molecular weight is 262 g/mol. The molecule has 2 aliphatic rings. The highest BCUT2D eigenvalue weighted by Gasteiger charge is 2.20. The van der Waals surface area contributed by atoms with E-state index in [0.29, 0.717) is 6.04 Å². The van der Waals surface area contributed by atoms with Gasteiger partial charge in [0.15, 0.2) is 0 Å². The molecule has 104 valence electrons. The van der Waals surface area contributed by atoms with Gasteiger partial charge in [-0.25, -0.2) is 9.97 Å². The molecule has 1 aromatic rings. The molecule has 1 N–H and O–H groups in total. The highest BCUT2D eigenvalue weighted by Crippen LogP contribution is 2.23. The molecular formula is C14H22N4O. The summed E-state index contributed by atoms with van der Waals surface area (Å²) in [5.74, 6) is 2.72. The van der Waals surface area contributed by atoms with Gasteiger partial charge in [0.2, 0.25) is 0 Å². The Morgan fingerprint density at radius 1 is 1.37 bits per heavy atom. The van der Waals surface area contributed by atoms with Crippen LogP contribution in [0.15, 0.2) is 12.4 Å². The fourth-order valence-corrected chi connectivity index (χ4v) is 2.81. The molecule has 0 unspecified atom stereocenters. The van der Waals surface area contributed by atoms with Crippen molar-refractivity contribution in [2.24, 2.45) is 5.92 Å². The van der Waals surface area contributed by atoms with Crippen LogP contribution < -0.4 is 10.2 Å². The average Bonchev–Trinajstić information content (AvgIpc) is 2.87. The zero-order valence-electron chi connectivity index (χ0n) is 11.5. The first-order valence-corrected chi connectivity index (χ1v) is 7.22. The van der Waals surface area contributed by atoms with Crippen molar-refractivity contribution in [1.29, 1.82) is 0 Å². The summed E-state index contributed by atoms with van der Waals surface area (Å²) in [6.07, 6.45) is 5.19. The highest BCUT2D eigenvalue weighted by atomic mass is 16.5. The lowest BCUT2D eigenvalue weighted by Crippen LogP contribution is -2.30. The molecule has 0 aliphatic carbocycles. The highest BCUT2D eigenvalue weighted by molar-refractivity contribution is 5.49. The van der Waals surface area contributed by atoms with E-state index in [2.05, 4.69) is 33.2 Å². The third-order valence-corrected chi connectivity index (χ3v) is 3.91. The fourth-order valence-electron chi connectivity index (χ4n) is 2.81. The van der Waals surface area contributed by atoms with E-state index in [-0.39, 0.29) is 0 Å². The third kappa shape index (κ3) is 3.15. The Bertz CT molecular complexity index is 420. The number of ether oxygens (including phenoxy) is 1. The molecule has 2 atom stereocenters. The minimum Gasteiger partial charge on any atom is -0.379 e. The van der Waals surface area contributed by atoms with E-state index in [0.717, 1.165) is 56.7 Å². The number of hydrogen-bond acceptors (Lipinski definition) is 5. The summed E-state index contributed by atoms with van der Waals surface area (Å²) in [7, 11) is 0. The van der Waals surface area contributed by atoms with Gasteiger partial charge in [-0.2, -0.15) is 0 Å². The Kier molecular flexibility index (Phi) is 3.82. The van der Waals surface area contributed by atoms with Crippen LogP contribution in [0.3, 0.4) is 0 Å². The lowest BCUT2D eigenvalue weighted by molar-refractivity contribution is 0.0875. The van der Waals surface area contributed by atoms with Crippen LogP contribution in [-0.2, 0) is 4.74 Å². The van der Waals surface area contributed by atoms with Crippen LogP contribution in [-0.4, -0.2) is 42.3 Å². The standard InChI is InChI=1S/C14H22N4O/c1-11-4-5-18(8-11)14-7-13(15-10-16-14)17-12-3-2-6-19-9-12/h7,10-12H,2-6,8-9H2,1H3,(H,15,16,17)/t11-,12+/m1/s1. The SMILES string of the molecule is C[C@@H]1CCN(c2cc(N[C@H]3CCCOC3)ncn2)C1. The van der Waals surface area contributed by atoms with Gasteiger partial charge >= 0.3 is 0 Å². The molecule has 0 aromatic carbocycles. The van der Waals surface area contributed by atoms with Crippen molar-refractivity contribution in [2.45, 2.75) is 32.2 Å². The maximum atomic E-state index is 5.48. The van der Waals surface area contributed by atoms with Gasteiger partial charge in [-0.05, 0) is 25.2 Å². The van der Waals surface area contributed by atoms with Crippen LogP contribution in [0.25, 0.3) is 0 Å². The third-order valence-electron chi connectivity index (χ3n) is 3.91. The van der Waals surface area contributed by atoms with Crippen molar-refractivity contribution >= 4 is 11.6 Å². The van der Waals surface area contributed by atoms with Gasteiger partial charge in [0.1, 0.15) is 18.0 Å². The normalized spacial score (nSPS) is 27.5. The fraction of sp³-hybridized carbons (Fsp3) is 0.714. The van der Waals surface area contributed by atoms with Crippen molar-refractivity contribution in [2.75, 3.05) is 36.5 Å². The number of aromatic nitrogens is 2. The Morgan fingerprint density at radius 3 is 3.05 bits per heavy atom. The molecular weight excluding hydrogens is 240 g/mol. The molecule has 0 bridgehead atoms. The van der Waals surface area contributed by atoms with Gasteiger partial charge in [-0.1, -0.05) is 6.92 Å². The van der Waals surface area contributed by atoms with Gasteiger partial charge in [0.05, 0.1) is 12.6 Å². The van der Waals surface area contributed by atoms with Crippen LogP contribution in [0.1, 0.15) is 26.2 Å². The van der Waals surface area contributed by atoms with E-state index in [1.807, 2.05) is 0 Å². The zero-order valence-corrected chi connectivity index (χ0v) is 11.5. The van der Waals surface area contributed by atoms with Gasteiger partial charge in [-0.15, -0.1) is 0 Å². The lowest BCUT2D eigenvalue weighted by atomic mass is 10.1. The molecule has 2 fully saturated rings. The molecule has 2 aliphatic heterocycles. The monoisotopic (exact) mass is 262 g/mol. The summed E-state index contributed by atoms with van der Waals surface area (Å²) >= 11 is 0. The molecule has 0 saturated carbocycles. The van der Waals surface area contributed by atoms with Crippen LogP contribution in [0.2, 0.25) is 0 Å². The van der Waals surface area contributed by atoms with Gasteiger partial charge in [0.25, 0.3) is 0 Å². The van der Waals surface area contributed by atoms with E-state index < -0.39 is 0 Å². The molecule has 5 heteroatoms. The minimum atomic E-state index is 0.383. The summed E-state index contributed by atoms with van der Waals surface area (Å²) in [6.45, 7) is 6.16. The molecule has 2 saturated heterocycles. The molecule has 1 aromatic heterocycles. The van der Waals surface area contributed by atoms with E-state index in [9.17, 15) is 0 Å². The Balaban J connectivity index is 1.65. The molecule has 0 amide bonds. The van der Waals surface area contributed by atoms with Crippen molar-refractivity contribution in [1.82, 2.24) is 9.97 Å². The summed E-state index contributed by atoms with van der Waals surface area (Å²) in [5, 5.41) is 3.45. The number of anilines is 2. The second kappa shape index (κ2) is 5.74. The Labute approximate surface area is 114 Å². The van der Waals surface area contributed by atoms with Crippen LogP contribution >= 0.6 is 0 Å². The van der Waals surface area contributed by atoms with Gasteiger partial charge in [0, 0.05) is 25.8 Å². The number of nitrogens with zero attached hydrogens (tertiary/aromatic N) is 3. The minimum absolute atomic E-state index is 0.383. The summed E-state index contributed by atoms with van der Waals surface area (Å²) in [4.78, 5) is 11.1. The van der Waals surface area contributed by atoms with Gasteiger partial charge in [-0.3, -0.25) is 0 Å². The van der Waals surface area contributed by atoms with E-state index in [1.165, 1.54) is 6.42 Å². The predicted octanol–water partition coefficient (Wildman–Crippen LogP) is 1.91. The first-order chi connectivity index (χ1) is 9.31. The van der Waals surface area contributed by atoms with Crippen molar-refractivity contribution in [3.05, 3.63) is 12.4 Å². The number of rotatable bonds is 3. The van der Waals surface area contributed by atoms with Crippen LogP contribution in [0.5, 0.6) is 0 Å². The van der Waals surface area contributed by atoms with Crippen molar-refractivity contribution in [3.8, 4) is 0 Å². The van der Waals surface area contributed by atoms with Crippen LogP contribution in [0.4, 0.5) is 11.6 Å². The Hall–Kier alpha value is -1.36. The predicted molar refractivity (Wildman–Crippen MR) is 75.5 cm³/mol. The topological polar surface area (TPSA) is 50.3 Å². The summed E-state index contributed by atoms with van der Waals surface area (Å²) < 4.78 is 5.48. The van der Waals surface area contributed by atoms with Crippen LogP contribution in [0, 0.1) is 5.92 Å². The molecule has 5 nitrogen and oxygen atoms in total. The second-order valence-corrected chi connectivity index (χ2v) is 5.66. The van der Waals surface area contributed by atoms with E-state index in [1.54, 1.807) is 6.33 Å². The number of hydrogen-bond donors (Lipinski definition) is 1. The molecule has 0 spiro atoms. The number of nitrogens with one attached hydrogen (secondary N) is 1. The first kappa shape index (κ1) is 12.7. The van der Waals surface area contributed by atoms with E-state index >= 15 is 0 Å². The quantitative estimate of drug-likeness (QED) is 0.902. The summed E-state index contributed by atoms with van der Waals surface area (Å²) in [6, 6.07) is 2.45. The molecule has 3 rings (SSSR count). The second-order valence-electron chi connectivity index (χ2n) is 5.66. The maximum absolute atomic E-state index is 5.48. The summed E-state index contributed by atoms with van der Waals surface area (Å²) in [5.41, 5.74) is 0. The zero-order chi connectivity index (χ0) is 13.1. The van der Waals surface area contributed by atoms with Crippen molar-refractivity contribution < 1.29 is 4.74 Å². The van der Waals surface area contributed by atoms with E-state index in [4.69, 9.17) is 4.74 Å². The smallest absolute Gasteiger partial charge is 0.134 e. The van der Waals surface area contributed by atoms with Gasteiger partial charge < -0.3 is 15.0 Å². The first-order valence-electron chi connectivity index (χ1n) is 7.22. The maximum Gasteiger partial charge on any atom is 0.134 e. The molecule has 19 heavy (non-hydrogen) atoms. The van der Waals surface area contributed by atoms with Crippen molar-refractivity contribution in [3.63, 3.8) is 0 Å². The molecule has 0 radical (unpaired) electrons. The molecule has 3 heterocycles. The lowest BCUT2D eigenvalue weighted by Gasteiger charge is -2.24. The largest absolute Gasteiger partial charge is 0.379 e.